The molecule has 0 atom stereocenters. The van der Waals surface area contributed by atoms with Crippen LogP contribution in [0.25, 0.3) is 0 Å². The Morgan fingerprint density at radius 3 is 2.58 bits per heavy atom. The Bertz CT molecular complexity index is 601. The summed E-state index contributed by atoms with van der Waals surface area (Å²) in [6, 6.07) is 8.59. The molecule has 1 aromatic heterocycles. The molecule has 2 aromatic rings. The van der Waals surface area contributed by atoms with Gasteiger partial charge < -0.3 is 9.26 Å². The van der Waals surface area contributed by atoms with E-state index in [2.05, 4.69) is 5.16 Å². The lowest BCUT2D eigenvalue weighted by Gasteiger charge is -2.02. The molecule has 98 valence electrons. The number of hydrogen-bond acceptors (Lipinski definition) is 5. The summed E-state index contributed by atoms with van der Waals surface area (Å²) in [6.45, 7) is 3.49. The van der Waals surface area contributed by atoms with E-state index in [1.165, 1.54) is 0 Å². The predicted octanol–water partition coefficient (Wildman–Crippen LogP) is 2.39. The van der Waals surface area contributed by atoms with E-state index in [9.17, 15) is 9.59 Å². The fraction of sp³-hybridized carbons (Fsp3) is 0.214. The monoisotopic (exact) mass is 259 g/mol. The molecule has 0 N–H and O–H groups in total. The molecule has 0 aliphatic carbocycles. The number of ketones is 1. The average molecular weight is 259 g/mol. The van der Waals surface area contributed by atoms with Crippen LogP contribution in [0.5, 0.6) is 0 Å². The molecule has 2 rings (SSSR count). The summed E-state index contributed by atoms with van der Waals surface area (Å²) in [5, 5.41) is 3.67. The van der Waals surface area contributed by atoms with Gasteiger partial charge in [-0.15, -0.1) is 0 Å². The van der Waals surface area contributed by atoms with Crippen molar-refractivity contribution in [3.63, 3.8) is 0 Å². The highest BCUT2D eigenvalue weighted by Crippen LogP contribution is 2.18. The van der Waals surface area contributed by atoms with Gasteiger partial charge in [-0.1, -0.05) is 35.5 Å². The number of esters is 1. The Morgan fingerprint density at radius 2 is 1.95 bits per heavy atom. The first-order valence-electron chi connectivity index (χ1n) is 5.88. The van der Waals surface area contributed by atoms with E-state index in [-0.39, 0.29) is 29.4 Å². The minimum atomic E-state index is -0.597. The van der Waals surface area contributed by atoms with Crippen molar-refractivity contribution in [3.05, 3.63) is 52.9 Å². The maximum atomic E-state index is 12.3. The normalized spacial score (nSPS) is 10.2. The second-order valence-electron chi connectivity index (χ2n) is 3.88. The molecule has 0 fully saturated rings. The number of aromatic nitrogens is 1. The smallest absolute Gasteiger partial charge is 0.344 e. The molecule has 0 bridgehead atoms. The molecule has 0 saturated heterocycles. The van der Waals surface area contributed by atoms with E-state index in [4.69, 9.17) is 9.26 Å². The van der Waals surface area contributed by atoms with Gasteiger partial charge in [0, 0.05) is 5.56 Å². The second-order valence-corrected chi connectivity index (χ2v) is 3.88. The van der Waals surface area contributed by atoms with Crippen LogP contribution >= 0.6 is 0 Å². The molecule has 0 aliphatic rings. The van der Waals surface area contributed by atoms with Crippen LogP contribution in [0.2, 0.25) is 0 Å². The summed E-state index contributed by atoms with van der Waals surface area (Å²) in [4.78, 5) is 24.1. The molecule has 0 saturated carbocycles. The quantitative estimate of drug-likeness (QED) is 0.622. The summed E-state index contributed by atoms with van der Waals surface area (Å²) in [7, 11) is 0. The summed E-state index contributed by atoms with van der Waals surface area (Å²) < 4.78 is 9.84. The van der Waals surface area contributed by atoms with Gasteiger partial charge in [-0.3, -0.25) is 4.79 Å². The summed E-state index contributed by atoms with van der Waals surface area (Å²) in [6.07, 6.45) is 0. The Balaban J connectivity index is 2.41. The van der Waals surface area contributed by atoms with Crippen LogP contribution in [0.3, 0.4) is 0 Å². The second kappa shape index (κ2) is 5.48. The lowest BCUT2D eigenvalue weighted by atomic mass is 10.0. The van der Waals surface area contributed by atoms with Crippen LogP contribution in [-0.4, -0.2) is 23.5 Å². The van der Waals surface area contributed by atoms with Crippen LogP contribution in [0.15, 0.2) is 34.9 Å². The average Bonchev–Trinajstić information content (AvgIpc) is 2.81. The Kier molecular flexibility index (Phi) is 3.75. The lowest BCUT2D eigenvalue weighted by molar-refractivity contribution is 0.0522. The number of ether oxygens (including phenoxy) is 1. The molecule has 0 aliphatic heterocycles. The van der Waals surface area contributed by atoms with Crippen molar-refractivity contribution in [1.82, 2.24) is 5.16 Å². The highest BCUT2D eigenvalue weighted by atomic mass is 16.5. The number of benzene rings is 1. The zero-order valence-electron chi connectivity index (χ0n) is 10.7. The van der Waals surface area contributed by atoms with E-state index < -0.39 is 5.97 Å². The molecule has 1 aromatic carbocycles. The lowest BCUT2D eigenvalue weighted by Crippen LogP contribution is -2.12. The van der Waals surface area contributed by atoms with Crippen molar-refractivity contribution >= 4 is 11.8 Å². The molecule has 0 unspecified atom stereocenters. The molecular weight excluding hydrogens is 246 g/mol. The number of nitrogens with zero attached hydrogens (tertiary/aromatic N) is 1. The van der Waals surface area contributed by atoms with E-state index in [1.807, 2.05) is 0 Å². The Hall–Kier alpha value is -2.43. The highest BCUT2D eigenvalue weighted by molar-refractivity contribution is 6.13. The molecule has 5 heteroatoms. The third kappa shape index (κ3) is 2.54. The Labute approximate surface area is 110 Å². The van der Waals surface area contributed by atoms with Crippen molar-refractivity contribution in [2.45, 2.75) is 13.8 Å². The van der Waals surface area contributed by atoms with E-state index in [1.54, 1.807) is 44.2 Å². The molecule has 0 amide bonds. The van der Waals surface area contributed by atoms with E-state index in [0.717, 1.165) is 0 Å². The van der Waals surface area contributed by atoms with Gasteiger partial charge in [-0.25, -0.2) is 4.79 Å². The number of aryl methyl sites for hydroxylation is 1. The van der Waals surface area contributed by atoms with Crippen LogP contribution in [0.4, 0.5) is 0 Å². The van der Waals surface area contributed by atoms with Crippen molar-refractivity contribution < 1.29 is 18.8 Å². The van der Waals surface area contributed by atoms with Gasteiger partial charge in [0.1, 0.15) is 11.3 Å². The summed E-state index contributed by atoms with van der Waals surface area (Å²) in [5.41, 5.74) is 0.527. The highest BCUT2D eigenvalue weighted by Gasteiger charge is 2.26. The standard InChI is InChI=1S/C14H13NO4/c1-3-18-14(17)11-9(2)19-15-12(11)13(16)10-7-5-4-6-8-10/h4-8H,3H2,1-2H3. The van der Waals surface area contributed by atoms with Crippen molar-refractivity contribution in [2.24, 2.45) is 0 Å². The van der Waals surface area contributed by atoms with E-state index >= 15 is 0 Å². The van der Waals surface area contributed by atoms with Gasteiger partial charge in [0.2, 0.25) is 5.78 Å². The topological polar surface area (TPSA) is 69.4 Å². The van der Waals surface area contributed by atoms with Gasteiger partial charge in [-0.05, 0) is 13.8 Å². The molecule has 19 heavy (non-hydrogen) atoms. The molecule has 0 spiro atoms. The SMILES string of the molecule is CCOC(=O)c1c(C(=O)c2ccccc2)noc1C. The third-order valence-corrected chi connectivity index (χ3v) is 2.59. The minimum absolute atomic E-state index is 0.0119. The third-order valence-electron chi connectivity index (χ3n) is 2.59. The molecule has 1 heterocycles. The number of carbonyl (C=O) groups excluding carboxylic acids is 2. The van der Waals surface area contributed by atoms with Crippen molar-refractivity contribution in [1.29, 1.82) is 0 Å². The van der Waals surface area contributed by atoms with Crippen LogP contribution in [-0.2, 0) is 4.74 Å². The summed E-state index contributed by atoms with van der Waals surface area (Å²) >= 11 is 0. The first-order valence-corrected chi connectivity index (χ1v) is 5.88. The summed E-state index contributed by atoms with van der Waals surface area (Å²) in [5.74, 6) is -0.682. The van der Waals surface area contributed by atoms with E-state index in [0.29, 0.717) is 5.56 Å². The maximum absolute atomic E-state index is 12.3. The molecule has 0 radical (unpaired) electrons. The van der Waals surface area contributed by atoms with Gasteiger partial charge in [-0.2, -0.15) is 0 Å². The number of rotatable bonds is 4. The van der Waals surface area contributed by atoms with Gasteiger partial charge in [0.05, 0.1) is 6.61 Å². The molecule has 5 nitrogen and oxygen atoms in total. The first-order chi connectivity index (χ1) is 9.15. The van der Waals surface area contributed by atoms with Gasteiger partial charge >= 0.3 is 5.97 Å². The Morgan fingerprint density at radius 1 is 1.26 bits per heavy atom. The van der Waals surface area contributed by atoms with Gasteiger partial charge in [0.25, 0.3) is 0 Å². The predicted molar refractivity (Wildman–Crippen MR) is 67.1 cm³/mol. The van der Waals surface area contributed by atoms with Crippen molar-refractivity contribution in [3.8, 4) is 0 Å². The fourth-order valence-corrected chi connectivity index (χ4v) is 1.70. The first kappa shape index (κ1) is 13.0. The van der Waals surface area contributed by atoms with Crippen LogP contribution in [0, 0.1) is 6.92 Å². The fourth-order valence-electron chi connectivity index (χ4n) is 1.70. The zero-order chi connectivity index (χ0) is 13.8. The minimum Gasteiger partial charge on any atom is -0.462 e. The number of hydrogen-bond donors (Lipinski definition) is 0. The van der Waals surface area contributed by atoms with Gasteiger partial charge in [0.15, 0.2) is 5.69 Å². The number of carbonyl (C=O) groups is 2. The van der Waals surface area contributed by atoms with Crippen LogP contribution < -0.4 is 0 Å². The zero-order valence-corrected chi connectivity index (χ0v) is 10.7. The molecular formula is C14H13NO4. The van der Waals surface area contributed by atoms with Crippen LogP contribution in [0.1, 0.15) is 39.1 Å². The van der Waals surface area contributed by atoms with Crippen molar-refractivity contribution in [2.75, 3.05) is 6.61 Å². The largest absolute Gasteiger partial charge is 0.462 e. The maximum Gasteiger partial charge on any atom is 0.344 e.